The van der Waals surface area contributed by atoms with Crippen LogP contribution in [-0.4, -0.2) is 28.4 Å². The standard InChI is InChI=1S/C14H14N2O5S/c1-3-11-15-16-14(21-11)22-10(13(18)19)7-8-5-4-6-9(20-2)12(8)17/h4-7,17H,3H2,1-2H3,(H,18,19)/p-1/b10-7-. The highest BCUT2D eigenvalue weighted by atomic mass is 32.2. The lowest BCUT2D eigenvalue weighted by Gasteiger charge is -2.15. The van der Waals surface area contributed by atoms with Gasteiger partial charge >= 0.3 is 5.97 Å². The molecule has 2 rings (SSSR count). The molecule has 0 aliphatic carbocycles. The van der Waals surface area contributed by atoms with Crippen LogP contribution in [0.15, 0.2) is 32.7 Å². The minimum atomic E-state index is -1.19. The molecule has 0 fully saturated rings. The molecule has 1 aromatic heterocycles. The van der Waals surface area contributed by atoms with E-state index >= 15 is 0 Å². The molecule has 2 aromatic rings. The van der Waals surface area contributed by atoms with Crippen LogP contribution in [0.1, 0.15) is 18.4 Å². The molecular formula is C14H13N2O5S-. The fraction of sp³-hybridized carbons (Fsp3) is 0.214. The first-order valence-corrected chi connectivity index (χ1v) is 7.16. The van der Waals surface area contributed by atoms with Gasteiger partial charge in [0, 0.05) is 6.42 Å². The summed E-state index contributed by atoms with van der Waals surface area (Å²) in [5.74, 6) is -1.01. The fourth-order valence-electron chi connectivity index (χ4n) is 1.60. The number of rotatable bonds is 6. The molecule has 1 N–H and O–H groups in total. The Kier molecular flexibility index (Phi) is 5.05. The maximum absolute atomic E-state index is 12.0. The summed E-state index contributed by atoms with van der Waals surface area (Å²) in [6.45, 7) is 1.84. The van der Waals surface area contributed by atoms with Crippen molar-refractivity contribution in [1.82, 2.24) is 10.2 Å². The average molecular weight is 321 g/mol. The van der Waals surface area contributed by atoms with E-state index in [1.54, 1.807) is 6.07 Å². The van der Waals surface area contributed by atoms with Gasteiger partial charge in [-0.05, 0) is 29.5 Å². The summed E-state index contributed by atoms with van der Waals surface area (Å²) in [6, 6.07) is 4.64. The van der Waals surface area contributed by atoms with Crippen LogP contribution in [0.4, 0.5) is 0 Å². The second-order valence-electron chi connectivity index (χ2n) is 4.11. The first-order chi connectivity index (χ1) is 10.5. The largest absolute Gasteiger partial charge is 0.870 e. The van der Waals surface area contributed by atoms with Crippen LogP contribution in [0.2, 0.25) is 0 Å². The lowest BCUT2D eigenvalue weighted by Crippen LogP contribution is -2.00. The molecule has 8 heteroatoms. The third-order valence-corrected chi connectivity index (χ3v) is 3.53. The van der Waals surface area contributed by atoms with Crippen LogP contribution < -0.4 is 9.84 Å². The predicted octanol–water partition coefficient (Wildman–Crippen LogP) is 1.93. The molecule has 0 unspecified atom stereocenters. The van der Waals surface area contributed by atoms with Crippen molar-refractivity contribution in [3.63, 3.8) is 0 Å². The molecule has 0 aliphatic rings. The van der Waals surface area contributed by atoms with Crippen molar-refractivity contribution >= 4 is 23.8 Å². The number of hydrogen-bond acceptors (Lipinski definition) is 7. The molecule has 1 heterocycles. The molecule has 0 atom stereocenters. The molecule has 116 valence electrons. The van der Waals surface area contributed by atoms with Crippen molar-refractivity contribution in [2.45, 2.75) is 18.6 Å². The fourth-order valence-corrected chi connectivity index (χ4v) is 2.28. The number of nitrogens with zero attached hydrogens (tertiary/aromatic N) is 2. The van der Waals surface area contributed by atoms with E-state index in [0.29, 0.717) is 12.3 Å². The molecule has 0 spiro atoms. The number of para-hydroxylation sites is 1. The molecule has 0 saturated heterocycles. The number of carboxylic acids is 1. The minimum Gasteiger partial charge on any atom is -0.870 e. The third kappa shape index (κ3) is 3.59. The quantitative estimate of drug-likeness (QED) is 0.635. The van der Waals surface area contributed by atoms with Gasteiger partial charge in [-0.3, -0.25) is 0 Å². The Hall–Kier alpha value is -2.48. The molecular weight excluding hydrogens is 308 g/mol. The second kappa shape index (κ2) is 6.99. The Morgan fingerprint density at radius 1 is 1.50 bits per heavy atom. The SMILES string of the molecule is CCc1nnc(S/C(=C\c2cccc(OC)c2[O-])C(=O)O)o1. The summed E-state index contributed by atoms with van der Waals surface area (Å²) in [5, 5.41) is 28.9. The second-order valence-corrected chi connectivity index (χ2v) is 5.10. The van der Waals surface area contributed by atoms with Crippen molar-refractivity contribution in [3.8, 4) is 11.5 Å². The van der Waals surface area contributed by atoms with Gasteiger partial charge in [-0.25, -0.2) is 4.79 Å². The van der Waals surface area contributed by atoms with E-state index in [4.69, 9.17) is 9.15 Å². The van der Waals surface area contributed by atoms with Crippen molar-refractivity contribution in [3.05, 3.63) is 34.6 Å². The van der Waals surface area contributed by atoms with Crippen molar-refractivity contribution in [2.75, 3.05) is 7.11 Å². The molecule has 22 heavy (non-hydrogen) atoms. The van der Waals surface area contributed by atoms with Crippen LogP contribution in [0.25, 0.3) is 6.08 Å². The highest BCUT2D eigenvalue weighted by molar-refractivity contribution is 8.03. The molecule has 7 nitrogen and oxygen atoms in total. The van der Waals surface area contributed by atoms with E-state index in [1.807, 2.05) is 6.92 Å². The van der Waals surface area contributed by atoms with Gasteiger partial charge < -0.3 is 19.4 Å². The Labute approximate surface area is 130 Å². The average Bonchev–Trinajstić information content (AvgIpc) is 2.96. The lowest BCUT2D eigenvalue weighted by molar-refractivity contribution is -0.270. The number of carboxylic acid groups (broad SMARTS) is 1. The van der Waals surface area contributed by atoms with Crippen molar-refractivity contribution in [1.29, 1.82) is 0 Å². The molecule has 0 bridgehead atoms. The van der Waals surface area contributed by atoms with E-state index in [1.165, 1.54) is 25.3 Å². The number of aromatic nitrogens is 2. The van der Waals surface area contributed by atoms with Gasteiger partial charge in [0.25, 0.3) is 5.22 Å². The number of benzene rings is 1. The van der Waals surface area contributed by atoms with Crippen molar-refractivity contribution < 1.29 is 24.2 Å². The zero-order chi connectivity index (χ0) is 16.1. The Morgan fingerprint density at radius 3 is 2.86 bits per heavy atom. The zero-order valence-electron chi connectivity index (χ0n) is 11.9. The number of carbonyl (C=O) groups is 1. The van der Waals surface area contributed by atoms with E-state index in [2.05, 4.69) is 10.2 Å². The van der Waals surface area contributed by atoms with Crippen LogP contribution in [0.3, 0.4) is 0 Å². The van der Waals surface area contributed by atoms with Gasteiger partial charge in [0.1, 0.15) is 10.7 Å². The number of aryl methyl sites for hydroxylation is 1. The Balaban J connectivity index is 2.33. The number of hydrogen-bond donors (Lipinski definition) is 1. The minimum absolute atomic E-state index is 0.100. The van der Waals surface area contributed by atoms with E-state index in [0.717, 1.165) is 11.8 Å². The van der Waals surface area contributed by atoms with Crippen LogP contribution in [-0.2, 0) is 11.2 Å². The van der Waals surface area contributed by atoms with E-state index < -0.39 is 5.97 Å². The van der Waals surface area contributed by atoms with Crippen LogP contribution >= 0.6 is 11.8 Å². The van der Waals surface area contributed by atoms with Gasteiger partial charge in [0.05, 0.1) is 7.11 Å². The number of thioether (sulfide) groups is 1. The summed E-state index contributed by atoms with van der Waals surface area (Å²) < 4.78 is 10.2. The van der Waals surface area contributed by atoms with Gasteiger partial charge in [0.2, 0.25) is 5.89 Å². The van der Waals surface area contributed by atoms with Crippen LogP contribution in [0.5, 0.6) is 11.5 Å². The topological polar surface area (TPSA) is 109 Å². The van der Waals surface area contributed by atoms with E-state index in [9.17, 15) is 15.0 Å². The maximum atomic E-state index is 12.0. The lowest BCUT2D eigenvalue weighted by atomic mass is 10.1. The normalized spacial score (nSPS) is 11.5. The van der Waals surface area contributed by atoms with Crippen LogP contribution in [0, 0.1) is 0 Å². The Morgan fingerprint density at radius 2 is 2.27 bits per heavy atom. The smallest absolute Gasteiger partial charge is 0.342 e. The molecule has 0 aliphatic heterocycles. The highest BCUT2D eigenvalue weighted by Crippen LogP contribution is 2.32. The summed E-state index contributed by atoms with van der Waals surface area (Å²) in [4.78, 5) is 11.2. The monoisotopic (exact) mass is 321 g/mol. The zero-order valence-corrected chi connectivity index (χ0v) is 12.7. The number of aliphatic carboxylic acids is 1. The summed E-state index contributed by atoms with van der Waals surface area (Å²) in [5.41, 5.74) is 0.208. The van der Waals surface area contributed by atoms with Crippen molar-refractivity contribution in [2.24, 2.45) is 0 Å². The van der Waals surface area contributed by atoms with Gasteiger partial charge in [0.15, 0.2) is 0 Å². The van der Waals surface area contributed by atoms with E-state index in [-0.39, 0.29) is 27.2 Å². The molecule has 0 amide bonds. The molecule has 0 radical (unpaired) electrons. The first kappa shape index (κ1) is 15.9. The van der Waals surface area contributed by atoms with Gasteiger partial charge in [-0.2, -0.15) is 0 Å². The van der Waals surface area contributed by atoms with Gasteiger partial charge in [-0.1, -0.05) is 24.8 Å². The summed E-state index contributed by atoms with van der Waals surface area (Å²) in [6.07, 6.45) is 1.81. The third-order valence-electron chi connectivity index (χ3n) is 2.67. The first-order valence-electron chi connectivity index (χ1n) is 6.34. The molecule has 0 saturated carbocycles. The predicted molar refractivity (Wildman–Crippen MR) is 77.6 cm³/mol. The summed E-state index contributed by atoms with van der Waals surface area (Å²) >= 11 is 0.792. The van der Waals surface area contributed by atoms with Gasteiger partial charge in [-0.15, -0.1) is 10.2 Å². The number of ether oxygens (including phenoxy) is 1. The maximum Gasteiger partial charge on any atom is 0.342 e. The Bertz CT molecular complexity index is 711. The summed E-state index contributed by atoms with van der Waals surface area (Å²) in [7, 11) is 1.38. The molecule has 1 aromatic carbocycles. The highest BCUT2D eigenvalue weighted by Gasteiger charge is 2.15. The number of methoxy groups -OCH3 is 1.